The highest BCUT2D eigenvalue weighted by Crippen LogP contribution is 2.46. The van der Waals surface area contributed by atoms with Crippen LogP contribution in [0.25, 0.3) is 0 Å². The Bertz CT molecular complexity index is 970. The zero-order valence-electron chi connectivity index (χ0n) is 15.8. The number of carboxylic acids is 1. The average molecular weight is 428 g/mol. The number of rotatable bonds is 5. The molecule has 3 fully saturated rings. The second kappa shape index (κ2) is 6.76. The third-order valence-corrected chi connectivity index (χ3v) is 8.59. The van der Waals surface area contributed by atoms with E-state index in [-0.39, 0.29) is 25.4 Å². The number of nitrogens with zero attached hydrogens (tertiary/aromatic N) is 5. The summed E-state index contributed by atoms with van der Waals surface area (Å²) in [5.74, 6) is -1.99. The Balaban J connectivity index is 1.53. The molecule has 3 aliphatic heterocycles. The number of carboxylic acid groups (broad SMARTS) is 1. The molecule has 1 N–H and O–H groups in total. The van der Waals surface area contributed by atoms with Gasteiger partial charge in [0, 0.05) is 13.1 Å². The monoisotopic (exact) mass is 428 g/mol. The summed E-state index contributed by atoms with van der Waals surface area (Å²) in [6, 6.07) is -1.48. The number of morpholine rings is 1. The highest BCUT2D eigenvalue weighted by atomic mass is 32.2. The molecule has 0 bridgehead atoms. The topological polar surface area (TPSA) is 143 Å². The molecule has 158 valence electrons. The lowest BCUT2D eigenvalue weighted by Crippen LogP contribution is -2.58. The number of hydrogen-bond acceptors (Lipinski definition) is 7. The van der Waals surface area contributed by atoms with Crippen LogP contribution in [0.5, 0.6) is 0 Å². The van der Waals surface area contributed by atoms with Gasteiger partial charge in [0.1, 0.15) is 16.7 Å². The largest absolute Gasteiger partial charge is 0.480 e. The minimum atomic E-state index is -3.92. The van der Waals surface area contributed by atoms with Gasteiger partial charge < -0.3 is 19.6 Å². The van der Waals surface area contributed by atoms with Gasteiger partial charge in [0.2, 0.25) is 5.91 Å². The number of hydrogen-bond donors (Lipinski definition) is 1. The maximum atomic E-state index is 13.0. The highest BCUT2D eigenvalue weighted by molar-refractivity contribution is 7.93. The SMILES string of the molecule is C[C@@]1(Cn2cc[n+](CC(=O)N3CCOCC3)n2)[C@@H](C(=O)O)N2C(=O)C[C@H]2S1(=O)=O. The molecule has 1 aromatic rings. The Hall–Kier alpha value is -2.54. The van der Waals surface area contributed by atoms with Gasteiger partial charge in [-0.05, 0) is 6.92 Å². The summed E-state index contributed by atoms with van der Waals surface area (Å²) < 4.78 is 32.1. The Morgan fingerprint density at radius 2 is 2.07 bits per heavy atom. The number of β-lactam (4-membered cyclic amide) rings is 1. The first kappa shape index (κ1) is 19.8. The molecule has 12 nitrogen and oxygen atoms in total. The van der Waals surface area contributed by atoms with Crippen molar-refractivity contribution in [2.45, 2.75) is 42.6 Å². The van der Waals surface area contributed by atoms with Crippen molar-refractivity contribution in [3.05, 3.63) is 12.4 Å². The van der Waals surface area contributed by atoms with Crippen LogP contribution in [0.2, 0.25) is 0 Å². The quantitative estimate of drug-likeness (QED) is 0.392. The van der Waals surface area contributed by atoms with Gasteiger partial charge in [-0.1, -0.05) is 0 Å². The van der Waals surface area contributed by atoms with Crippen molar-refractivity contribution in [2.24, 2.45) is 0 Å². The fourth-order valence-electron chi connectivity index (χ4n) is 4.19. The van der Waals surface area contributed by atoms with Crippen LogP contribution in [0.4, 0.5) is 0 Å². The molecule has 4 rings (SSSR count). The van der Waals surface area contributed by atoms with E-state index in [1.54, 1.807) is 4.90 Å². The number of sulfone groups is 1. The van der Waals surface area contributed by atoms with E-state index >= 15 is 0 Å². The summed E-state index contributed by atoms with van der Waals surface area (Å²) in [5, 5.41) is 12.7. The van der Waals surface area contributed by atoms with Crippen LogP contribution in [-0.4, -0.2) is 93.5 Å². The molecule has 0 radical (unpaired) electrons. The number of aromatic nitrogens is 3. The standard InChI is InChI=1S/C16H21N5O7S/c1-16(14(15(24)25)21-11(22)8-13(21)29(16,26)27)10-20-3-2-19(17-20)9-12(23)18-4-6-28-7-5-18/h2-3,13-14H,4-10H2,1H3/p+1/t13-,14-,16-/m1/s1. The molecular formula is C16H22N5O7S+. The predicted molar refractivity (Wildman–Crippen MR) is 93.8 cm³/mol. The molecule has 29 heavy (non-hydrogen) atoms. The minimum absolute atomic E-state index is 0.0218. The molecule has 0 spiro atoms. The zero-order valence-corrected chi connectivity index (χ0v) is 16.6. The number of carbonyl (C=O) groups is 3. The third-order valence-electron chi connectivity index (χ3n) is 5.82. The highest BCUT2D eigenvalue weighted by Gasteiger charge is 2.71. The maximum Gasteiger partial charge on any atom is 0.328 e. The van der Waals surface area contributed by atoms with Gasteiger partial charge in [0.15, 0.2) is 34.8 Å². The van der Waals surface area contributed by atoms with Gasteiger partial charge in [0.05, 0.1) is 24.8 Å². The third kappa shape index (κ3) is 2.99. The van der Waals surface area contributed by atoms with E-state index in [0.717, 1.165) is 4.90 Å². The zero-order chi connectivity index (χ0) is 21.0. The summed E-state index contributed by atoms with van der Waals surface area (Å²) in [7, 11) is -3.92. The lowest BCUT2D eigenvalue weighted by Gasteiger charge is -2.35. The Labute approximate surface area is 166 Å². The van der Waals surface area contributed by atoms with Crippen LogP contribution in [0.15, 0.2) is 12.4 Å². The van der Waals surface area contributed by atoms with Crippen LogP contribution in [-0.2, 0) is 42.0 Å². The van der Waals surface area contributed by atoms with E-state index < -0.39 is 37.9 Å². The van der Waals surface area contributed by atoms with Gasteiger partial charge >= 0.3 is 5.97 Å². The van der Waals surface area contributed by atoms with Crippen LogP contribution < -0.4 is 4.68 Å². The Kier molecular flexibility index (Phi) is 4.61. The van der Waals surface area contributed by atoms with E-state index in [4.69, 9.17) is 4.74 Å². The maximum absolute atomic E-state index is 13.0. The summed E-state index contributed by atoms with van der Waals surface area (Å²) in [6.07, 6.45) is 2.82. The van der Waals surface area contributed by atoms with E-state index in [1.165, 1.54) is 28.7 Å². The normalized spacial score (nSPS) is 30.7. The minimum Gasteiger partial charge on any atom is -0.480 e. The molecule has 0 aliphatic carbocycles. The summed E-state index contributed by atoms with van der Waals surface area (Å²) in [4.78, 5) is 38.6. The smallest absolute Gasteiger partial charge is 0.328 e. The summed E-state index contributed by atoms with van der Waals surface area (Å²) in [6.45, 7) is 3.03. The van der Waals surface area contributed by atoms with Crippen LogP contribution in [0, 0.1) is 0 Å². The van der Waals surface area contributed by atoms with Crippen LogP contribution >= 0.6 is 0 Å². The lowest BCUT2D eigenvalue weighted by molar-refractivity contribution is -0.744. The molecule has 0 aromatic carbocycles. The van der Waals surface area contributed by atoms with Crippen molar-refractivity contribution in [3.63, 3.8) is 0 Å². The van der Waals surface area contributed by atoms with Crippen LogP contribution in [0.1, 0.15) is 13.3 Å². The predicted octanol–water partition coefficient (Wildman–Crippen LogP) is -2.77. The molecule has 4 heterocycles. The van der Waals surface area contributed by atoms with Crippen molar-refractivity contribution in [3.8, 4) is 0 Å². The lowest BCUT2D eigenvalue weighted by atomic mass is 9.96. The molecule has 0 unspecified atom stereocenters. The van der Waals surface area contributed by atoms with E-state index in [9.17, 15) is 27.9 Å². The van der Waals surface area contributed by atoms with Gasteiger partial charge in [0.25, 0.3) is 5.91 Å². The van der Waals surface area contributed by atoms with Gasteiger partial charge in [-0.3, -0.25) is 9.59 Å². The first-order valence-electron chi connectivity index (χ1n) is 9.21. The molecule has 0 saturated carbocycles. The van der Waals surface area contributed by atoms with Gasteiger partial charge in [-0.15, -0.1) is 9.36 Å². The van der Waals surface area contributed by atoms with Crippen LogP contribution in [0.3, 0.4) is 0 Å². The van der Waals surface area contributed by atoms with E-state index in [1.807, 2.05) is 0 Å². The van der Waals surface area contributed by atoms with E-state index in [0.29, 0.717) is 26.3 Å². The number of aliphatic carboxylic acids is 1. The van der Waals surface area contributed by atoms with Gasteiger partial charge in [-0.2, -0.15) is 0 Å². The number of fused-ring (bicyclic) bond motifs is 1. The second-order valence-electron chi connectivity index (χ2n) is 7.63. The number of amides is 2. The molecule has 1 aromatic heterocycles. The molecule has 3 aliphatic rings. The number of carbonyl (C=O) groups excluding carboxylic acids is 2. The van der Waals surface area contributed by atoms with E-state index in [2.05, 4.69) is 5.21 Å². The molecule has 3 atom stereocenters. The number of ether oxygens (including phenoxy) is 1. The molecular weight excluding hydrogens is 406 g/mol. The van der Waals surface area contributed by atoms with Crippen molar-refractivity contribution in [1.29, 1.82) is 0 Å². The van der Waals surface area contributed by atoms with Crippen molar-refractivity contribution in [2.75, 3.05) is 26.3 Å². The average Bonchev–Trinajstić information content (AvgIpc) is 3.14. The van der Waals surface area contributed by atoms with Crippen molar-refractivity contribution in [1.82, 2.24) is 19.7 Å². The molecule has 3 saturated heterocycles. The Morgan fingerprint density at radius 3 is 2.69 bits per heavy atom. The van der Waals surface area contributed by atoms with Crippen molar-refractivity contribution >= 4 is 27.6 Å². The fraction of sp³-hybridized carbons (Fsp3) is 0.688. The molecule has 2 amide bonds. The first-order chi connectivity index (χ1) is 13.6. The summed E-state index contributed by atoms with van der Waals surface area (Å²) in [5.41, 5.74) is 0. The molecule has 13 heteroatoms. The Morgan fingerprint density at radius 1 is 1.38 bits per heavy atom. The van der Waals surface area contributed by atoms with Gasteiger partial charge in [-0.25, -0.2) is 13.2 Å². The summed E-state index contributed by atoms with van der Waals surface area (Å²) >= 11 is 0. The first-order valence-corrected chi connectivity index (χ1v) is 10.8. The fourth-order valence-corrected chi connectivity index (χ4v) is 6.55. The van der Waals surface area contributed by atoms with Crippen molar-refractivity contribution < 1.29 is 37.3 Å². The second-order valence-corrected chi connectivity index (χ2v) is 10.2.